The van der Waals surface area contributed by atoms with Gasteiger partial charge in [0.1, 0.15) is 23.2 Å². The predicted molar refractivity (Wildman–Crippen MR) is 76.2 cm³/mol. The Balaban J connectivity index is 2.33. The molecule has 6 heteroatoms. The number of hydrogen-bond acceptors (Lipinski definition) is 3. The zero-order valence-corrected chi connectivity index (χ0v) is 12.0. The molecule has 2 atom stereocenters. The number of nitrogens with one attached hydrogen (secondary N) is 1. The van der Waals surface area contributed by atoms with Crippen molar-refractivity contribution in [2.45, 2.75) is 13.0 Å². The molecule has 0 radical (unpaired) electrons. The van der Waals surface area contributed by atoms with Gasteiger partial charge >= 0.3 is 0 Å². The third-order valence-corrected chi connectivity index (χ3v) is 3.88. The van der Waals surface area contributed by atoms with Gasteiger partial charge in [0.15, 0.2) is 0 Å². The van der Waals surface area contributed by atoms with Gasteiger partial charge in [0, 0.05) is 24.7 Å². The number of likely N-dealkylation sites (N-methyl/N-ethyl adjacent to an activating group) is 1. The first-order valence-electron chi connectivity index (χ1n) is 6.56. The highest BCUT2D eigenvalue weighted by Crippen LogP contribution is 2.31. The van der Waals surface area contributed by atoms with E-state index in [2.05, 4.69) is 11.8 Å². The number of hydrogen-bond donors (Lipinski definition) is 2. The van der Waals surface area contributed by atoms with Crippen LogP contribution in [-0.4, -0.2) is 44.0 Å². The van der Waals surface area contributed by atoms with Gasteiger partial charge in [0.05, 0.1) is 0 Å². The number of nitrogens with two attached hydrogens (primary N) is 1. The van der Waals surface area contributed by atoms with Crippen LogP contribution in [0, 0.1) is 23.0 Å². The molecular formula is C14H20F2N4. The van der Waals surface area contributed by atoms with Crippen molar-refractivity contribution in [1.29, 1.82) is 5.41 Å². The molecular weight excluding hydrogens is 262 g/mol. The summed E-state index contributed by atoms with van der Waals surface area (Å²) in [6.45, 7) is 3.27. The molecule has 1 aliphatic heterocycles. The monoisotopic (exact) mass is 282 g/mol. The molecule has 1 fully saturated rings. The quantitative estimate of drug-likeness (QED) is 0.654. The Morgan fingerprint density at radius 2 is 1.85 bits per heavy atom. The minimum Gasteiger partial charge on any atom is -0.384 e. The number of nitrogen functional groups attached to an aromatic ring is 1. The zero-order valence-electron chi connectivity index (χ0n) is 12.0. The number of nitrogens with zero attached hydrogens (tertiary/aromatic N) is 2. The molecule has 2 unspecified atom stereocenters. The number of rotatable bonds is 3. The fourth-order valence-corrected chi connectivity index (χ4v) is 2.83. The molecule has 20 heavy (non-hydrogen) atoms. The molecule has 3 N–H and O–H groups in total. The molecule has 0 saturated carbocycles. The Kier molecular flexibility index (Phi) is 3.94. The van der Waals surface area contributed by atoms with Crippen LogP contribution >= 0.6 is 0 Å². The molecule has 110 valence electrons. The summed E-state index contributed by atoms with van der Waals surface area (Å²) in [6.07, 6.45) is 0. The van der Waals surface area contributed by atoms with Gasteiger partial charge in [-0.3, -0.25) is 5.41 Å². The smallest absolute Gasteiger partial charge is 0.150 e. The van der Waals surface area contributed by atoms with Crippen molar-refractivity contribution in [3.8, 4) is 0 Å². The van der Waals surface area contributed by atoms with E-state index in [1.807, 2.05) is 14.1 Å². The van der Waals surface area contributed by atoms with E-state index in [9.17, 15) is 8.78 Å². The lowest BCUT2D eigenvalue weighted by Gasteiger charge is -2.23. The fraction of sp³-hybridized carbons (Fsp3) is 0.500. The van der Waals surface area contributed by atoms with Crippen molar-refractivity contribution in [2.24, 2.45) is 11.7 Å². The maximum Gasteiger partial charge on any atom is 0.150 e. The maximum absolute atomic E-state index is 14.1. The third-order valence-electron chi connectivity index (χ3n) is 3.88. The summed E-state index contributed by atoms with van der Waals surface area (Å²) < 4.78 is 28.3. The van der Waals surface area contributed by atoms with Crippen LogP contribution in [-0.2, 0) is 0 Å². The molecule has 0 amide bonds. The van der Waals surface area contributed by atoms with Gasteiger partial charge in [0.25, 0.3) is 0 Å². The Hall–Kier alpha value is -1.69. The Labute approximate surface area is 117 Å². The van der Waals surface area contributed by atoms with Gasteiger partial charge in [-0.05, 0) is 32.1 Å². The van der Waals surface area contributed by atoms with Crippen molar-refractivity contribution in [3.63, 3.8) is 0 Å². The second kappa shape index (κ2) is 5.36. The first-order chi connectivity index (χ1) is 9.31. The summed E-state index contributed by atoms with van der Waals surface area (Å²) in [7, 11) is 3.94. The molecule has 0 bridgehead atoms. The molecule has 2 rings (SSSR count). The summed E-state index contributed by atoms with van der Waals surface area (Å²) in [5.74, 6) is -1.34. The second-order valence-electron chi connectivity index (χ2n) is 5.62. The van der Waals surface area contributed by atoms with E-state index in [1.54, 1.807) is 4.90 Å². The molecule has 1 aromatic carbocycles. The van der Waals surface area contributed by atoms with Crippen LogP contribution in [0.4, 0.5) is 14.5 Å². The fourth-order valence-electron chi connectivity index (χ4n) is 2.83. The van der Waals surface area contributed by atoms with Crippen LogP contribution < -0.4 is 10.6 Å². The zero-order chi connectivity index (χ0) is 15.0. The number of amidine groups is 1. The van der Waals surface area contributed by atoms with E-state index in [1.165, 1.54) is 0 Å². The minimum atomic E-state index is -0.665. The Morgan fingerprint density at radius 3 is 2.25 bits per heavy atom. The lowest BCUT2D eigenvalue weighted by Crippen LogP contribution is -2.34. The van der Waals surface area contributed by atoms with Gasteiger partial charge in [-0.15, -0.1) is 0 Å². The summed E-state index contributed by atoms with van der Waals surface area (Å²) >= 11 is 0. The highest BCUT2D eigenvalue weighted by molar-refractivity contribution is 5.95. The van der Waals surface area contributed by atoms with Crippen LogP contribution in [0.3, 0.4) is 0 Å². The second-order valence-corrected chi connectivity index (χ2v) is 5.62. The molecule has 1 aliphatic rings. The largest absolute Gasteiger partial charge is 0.384 e. The average molecular weight is 282 g/mol. The van der Waals surface area contributed by atoms with E-state index in [0.717, 1.165) is 12.1 Å². The van der Waals surface area contributed by atoms with Crippen molar-refractivity contribution in [3.05, 3.63) is 29.3 Å². The van der Waals surface area contributed by atoms with Gasteiger partial charge in [-0.25, -0.2) is 8.78 Å². The van der Waals surface area contributed by atoms with Crippen molar-refractivity contribution >= 4 is 11.5 Å². The number of halogens is 2. The van der Waals surface area contributed by atoms with E-state index >= 15 is 0 Å². The van der Waals surface area contributed by atoms with Crippen LogP contribution in [0.1, 0.15) is 12.5 Å². The maximum atomic E-state index is 14.1. The first kappa shape index (κ1) is 14.7. The van der Waals surface area contributed by atoms with E-state index in [0.29, 0.717) is 19.0 Å². The van der Waals surface area contributed by atoms with E-state index in [-0.39, 0.29) is 23.1 Å². The molecule has 0 spiro atoms. The standard InChI is InChI=1S/C14H20F2N4/c1-8-6-20(7-12(8)19(2)3)13-10(15)4-9(14(17)18)5-11(13)16/h4-5,8,12H,6-7H2,1-3H3,(H3,17,18). The van der Waals surface area contributed by atoms with E-state index < -0.39 is 11.6 Å². The normalized spacial score (nSPS) is 22.6. The lowest BCUT2D eigenvalue weighted by molar-refractivity contribution is 0.266. The first-order valence-corrected chi connectivity index (χ1v) is 6.56. The Morgan fingerprint density at radius 1 is 1.30 bits per heavy atom. The molecule has 4 nitrogen and oxygen atoms in total. The van der Waals surface area contributed by atoms with Crippen LogP contribution in [0.5, 0.6) is 0 Å². The average Bonchev–Trinajstić information content (AvgIpc) is 2.70. The van der Waals surface area contributed by atoms with Crippen LogP contribution in [0.25, 0.3) is 0 Å². The summed E-state index contributed by atoms with van der Waals surface area (Å²) in [6, 6.07) is 2.50. The Bertz CT molecular complexity index is 507. The predicted octanol–water partition coefficient (Wildman–Crippen LogP) is 1.64. The SMILES string of the molecule is CC1CN(c2c(F)cc(C(=N)N)cc2F)CC1N(C)C. The lowest BCUT2D eigenvalue weighted by atomic mass is 10.1. The van der Waals surface area contributed by atoms with Gasteiger partial charge < -0.3 is 15.5 Å². The van der Waals surface area contributed by atoms with Crippen LogP contribution in [0.2, 0.25) is 0 Å². The molecule has 0 aliphatic carbocycles. The van der Waals surface area contributed by atoms with E-state index in [4.69, 9.17) is 11.1 Å². The third kappa shape index (κ3) is 2.60. The molecule has 1 saturated heterocycles. The summed E-state index contributed by atoms with van der Waals surface area (Å²) in [5, 5.41) is 7.25. The molecule has 1 heterocycles. The summed E-state index contributed by atoms with van der Waals surface area (Å²) in [5.41, 5.74) is 5.32. The number of anilines is 1. The highest BCUT2D eigenvalue weighted by atomic mass is 19.1. The van der Waals surface area contributed by atoms with Crippen molar-refractivity contribution in [2.75, 3.05) is 32.1 Å². The topological polar surface area (TPSA) is 56.4 Å². The minimum absolute atomic E-state index is 0.0220. The van der Waals surface area contributed by atoms with Crippen molar-refractivity contribution < 1.29 is 8.78 Å². The number of benzene rings is 1. The summed E-state index contributed by atoms with van der Waals surface area (Å²) in [4.78, 5) is 3.80. The molecule has 0 aromatic heterocycles. The van der Waals surface area contributed by atoms with Gasteiger partial charge in [-0.1, -0.05) is 6.92 Å². The van der Waals surface area contributed by atoms with Gasteiger partial charge in [-0.2, -0.15) is 0 Å². The van der Waals surface area contributed by atoms with Crippen LogP contribution in [0.15, 0.2) is 12.1 Å². The van der Waals surface area contributed by atoms with Gasteiger partial charge in [0.2, 0.25) is 0 Å². The van der Waals surface area contributed by atoms with Crippen molar-refractivity contribution in [1.82, 2.24) is 4.90 Å². The highest BCUT2D eigenvalue weighted by Gasteiger charge is 2.33. The molecule has 1 aromatic rings.